The van der Waals surface area contributed by atoms with Crippen LogP contribution in [0.2, 0.25) is 0 Å². The Labute approximate surface area is 157 Å². The minimum atomic E-state index is -3.29. The van der Waals surface area contributed by atoms with E-state index in [0.717, 1.165) is 6.26 Å². The molecular formula is C19H18N2O5S. The van der Waals surface area contributed by atoms with Crippen molar-refractivity contribution in [1.29, 1.82) is 0 Å². The van der Waals surface area contributed by atoms with Gasteiger partial charge in [-0.1, -0.05) is 12.1 Å². The molecule has 0 radical (unpaired) electrons. The first kappa shape index (κ1) is 18.7. The summed E-state index contributed by atoms with van der Waals surface area (Å²) in [5, 5.41) is 4.34. The Kier molecular flexibility index (Phi) is 5.00. The molecule has 2 aromatic carbocycles. The van der Waals surface area contributed by atoms with E-state index in [4.69, 9.17) is 9.47 Å². The van der Waals surface area contributed by atoms with Gasteiger partial charge in [0, 0.05) is 11.8 Å². The number of carbonyl (C=O) groups is 1. The van der Waals surface area contributed by atoms with Crippen molar-refractivity contribution >= 4 is 15.8 Å². The summed E-state index contributed by atoms with van der Waals surface area (Å²) < 4.78 is 34.9. The Balaban J connectivity index is 2.12. The summed E-state index contributed by atoms with van der Waals surface area (Å²) in [4.78, 5) is 12.1. The summed E-state index contributed by atoms with van der Waals surface area (Å²) in [5.41, 5.74) is 2.20. The molecule has 0 unspecified atom stereocenters. The number of sulfone groups is 1. The number of esters is 1. The topological polar surface area (TPSA) is 87.5 Å². The van der Waals surface area contributed by atoms with Crippen molar-refractivity contribution in [3.63, 3.8) is 0 Å². The average molecular weight is 386 g/mol. The normalized spacial score (nSPS) is 11.2. The van der Waals surface area contributed by atoms with Crippen molar-refractivity contribution < 1.29 is 22.7 Å². The summed E-state index contributed by atoms with van der Waals surface area (Å²) in [7, 11) is -0.431. The van der Waals surface area contributed by atoms with Crippen molar-refractivity contribution in [2.75, 3.05) is 20.5 Å². The van der Waals surface area contributed by atoms with Crippen LogP contribution < -0.4 is 4.74 Å². The second kappa shape index (κ2) is 7.24. The fourth-order valence-electron chi connectivity index (χ4n) is 2.58. The lowest BCUT2D eigenvalue weighted by Gasteiger charge is -2.09. The maximum Gasteiger partial charge on any atom is 0.358 e. The lowest BCUT2D eigenvalue weighted by molar-refractivity contribution is 0.0593. The van der Waals surface area contributed by atoms with E-state index in [2.05, 4.69) is 5.10 Å². The lowest BCUT2D eigenvalue weighted by Crippen LogP contribution is -2.04. The molecule has 0 fully saturated rings. The summed E-state index contributed by atoms with van der Waals surface area (Å²) in [6.07, 6.45) is 1.15. The number of hydrogen-bond donors (Lipinski definition) is 0. The van der Waals surface area contributed by atoms with Crippen molar-refractivity contribution in [3.05, 3.63) is 60.3 Å². The molecule has 140 valence electrons. The van der Waals surface area contributed by atoms with Crippen LogP contribution in [0.5, 0.6) is 5.75 Å². The molecule has 1 aromatic heterocycles. The van der Waals surface area contributed by atoms with Crippen molar-refractivity contribution in [3.8, 4) is 22.7 Å². The van der Waals surface area contributed by atoms with Gasteiger partial charge in [-0.25, -0.2) is 17.9 Å². The minimum Gasteiger partial charge on any atom is -0.497 e. The zero-order valence-corrected chi connectivity index (χ0v) is 15.9. The Morgan fingerprint density at radius 2 is 1.63 bits per heavy atom. The number of carbonyl (C=O) groups excluding carboxylic acids is 1. The molecule has 8 heteroatoms. The first-order chi connectivity index (χ1) is 12.8. The van der Waals surface area contributed by atoms with E-state index in [9.17, 15) is 13.2 Å². The van der Waals surface area contributed by atoms with Crippen LogP contribution in [0.25, 0.3) is 16.9 Å². The van der Waals surface area contributed by atoms with Gasteiger partial charge in [0.25, 0.3) is 0 Å². The van der Waals surface area contributed by atoms with E-state index in [1.54, 1.807) is 54.3 Å². The molecular weight excluding hydrogens is 368 g/mol. The number of hydrogen-bond acceptors (Lipinski definition) is 6. The van der Waals surface area contributed by atoms with Crippen LogP contribution in [-0.2, 0) is 14.6 Å². The smallest absolute Gasteiger partial charge is 0.358 e. The Hall–Kier alpha value is -3.13. The zero-order chi connectivity index (χ0) is 19.6. The highest BCUT2D eigenvalue weighted by Gasteiger charge is 2.18. The largest absolute Gasteiger partial charge is 0.497 e. The highest BCUT2D eigenvalue weighted by Crippen LogP contribution is 2.26. The maximum absolute atomic E-state index is 11.9. The summed E-state index contributed by atoms with van der Waals surface area (Å²) in [6.45, 7) is 0. The third-order valence-corrected chi connectivity index (χ3v) is 5.13. The third-order valence-electron chi connectivity index (χ3n) is 4.00. The molecule has 0 saturated carbocycles. The molecule has 0 bridgehead atoms. The quantitative estimate of drug-likeness (QED) is 0.627. The summed E-state index contributed by atoms with van der Waals surface area (Å²) >= 11 is 0. The van der Waals surface area contributed by atoms with Crippen molar-refractivity contribution in [2.45, 2.75) is 4.90 Å². The van der Waals surface area contributed by atoms with Crippen molar-refractivity contribution in [1.82, 2.24) is 9.78 Å². The van der Waals surface area contributed by atoms with Gasteiger partial charge in [0.05, 0.1) is 30.5 Å². The van der Waals surface area contributed by atoms with Crippen LogP contribution in [-0.4, -0.2) is 44.6 Å². The molecule has 3 rings (SSSR count). The highest BCUT2D eigenvalue weighted by molar-refractivity contribution is 7.90. The SMILES string of the molecule is COC(=O)c1cc(-c2ccc(S(C)(=O)=O)cc2)n(-c2ccc(OC)cc2)n1. The number of benzene rings is 2. The van der Waals surface area contributed by atoms with Gasteiger partial charge in [-0.05, 0) is 42.5 Å². The first-order valence-corrected chi connectivity index (χ1v) is 9.86. The molecule has 0 aliphatic heterocycles. The van der Waals surface area contributed by atoms with Gasteiger partial charge in [-0.3, -0.25) is 0 Å². The predicted octanol–water partition coefficient (Wildman–Crippen LogP) is 2.74. The molecule has 0 aliphatic carbocycles. The number of ether oxygens (including phenoxy) is 2. The standard InChI is InChI=1S/C19H18N2O5S/c1-25-15-8-6-14(7-9-15)21-18(12-17(20-21)19(22)26-2)13-4-10-16(11-5-13)27(3,23)24/h4-12H,1-3H3. The van der Waals surface area contributed by atoms with Crippen LogP contribution in [0, 0.1) is 0 Å². The van der Waals surface area contributed by atoms with Gasteiger partial charge in [-0.2, -0.15) is 5.10 Å². The van der Waals surface area contributed by atoms with E-state index in [0.29, 0.717) is 22.7 Å². The van der Waals surface area contributed by atoms with Gasteiger partial charge in [0.2, 0.25) is 0 Å². The Morgan fingerprint density at radius 1 is 1.00 bits per heavy atom. The molecule has 0 atom stereocenters. The fraction of sp³-hybridized carbons (Fsp3) is 0.158. The van der Waals surface area contributed by atoms with Crippen LogP contribution in [0.4, 0.5) is 0 Å². The fourth-order valence-corrected chi connectivity index (χ4v) is 3.21. The molecule has 0 amide bonds. The van der Waals surface area contributed by atoms with Gasteiger partial charge in [0.15, 0.2) is 15.5 Å². The van der Waals surface area contributed by atoms with Crippen LogP contribution in [0.15, 0.2) is 59.5 Å². The number of methoxy groups -OCH3 is 2. The average Bonchev–Trinajstić information content (AvgIpc) is 3.12. The summed E-state index contributed by atoms with van der Waals surface area (Å²) in [5.74, 6) is 0.134. The molecule has 0 saturated heterocycles. The number of aromatic nitrogens is 2. The van der Waals surface area contributed by atoms with Gasteiger partial charge in [0.1, 0.15) is 5.75 Å². The minimum absolute atomic E-state index is 0.149. The van der Waals surface area contributed by atoms with Crippen LogP contribution in [0.3, 0.4) is 0 Å². The highest BCUT2D eigenvalue weighted by atomic mass is 32.2. The predicted molar refractivity (Wildman–Crippen MR) is 100 cm³/mol. The van der Waals surface area contributed by atoms with E-state index < -0.39 is 15.8 Å². The van der Waals surface area contributed by atoms with Gasteiger partial charge in [-0.15, -0.1) is 0 Å². The second-order valence-corrected chi connectivity index (χ2v) is 7.83. The van der Waals surface area contributed by atoms with E-state index in [1.807, 2.05) is 0 Å². The Bertz CT molecular complexity index is 1070. The number of rotatable bonds is 5. The first-order valence-electron chi connectivity index (χ1n) is 7.97. The molecule has 27 heavy (non-hydrogen) atoms. The zero-order valence-electron chi connectivity index (χ0n) is 15.0. The maximum atomic E-state index is 11.9. The molecule has 0 spiro atoms. The van der Waals surface area contributed by atoms with E-state index in [-0.39, 0.29) is 10.6 Å². The van der Waals surface area contributed by atoms with Crippen LogP contribution in [0.1, 0.15) is 10.5 Å². The van der Waals surface area contributed by atoms with Crippen LogP contribution >= 0.6 is 0 Å². The number of nitrogens with zero attached hydrogens (tertiary/aromatic N) is 2. The van der Waals surface area contributed by atoms with Crippen molar-refractivity contribution in [2.24, 2.45) is 0 Å². The molecule has 0 N–H and O–H groups in total. The molecule has 0 aliphatic rings. The molecule has 7 nitrogen and oxygen atoms in total. The second-order valence-electron chi connectivity index (χ2n) is 5.81. The van der Waals surface area contributed by atoms with E-state index in [1.165, 1.54) is 19.2 Å². The summed E-state index contributed by atoms with van der Waals surface area (Å²) in [6, 6.07) is 15.2. The van der Waals surface area contributed by atoms with Gasteiger partial charge >= 0.3 is 5.97 Å². The third kappa shape index (κ3) is 3.85. The Morgan fingerprint density at radius 3 is 2.15 bits per heavy atom. The van der Waals surface area contributed by atoms with Gasteiger partial charge < -0.3 is 9.47 Å². The van der Waals surface area contributed by atoms with E-state index >= 15 is 0 Å². The monoisotopic (exact) mass is 386 g/mol. The molecule has 1 heterocycles. The molecule has 3 aromatic rings. The lowest BCUT2D eigenvalue weighted by atomic mass is 10.1.